The lowest BCUT2D eigenvalue weighted by Gasteiger charge is -2.15. The molecule has 164 valence electrons. The Morgan fingerprint density at radius 2 is 1.71 bits per heavy atom. The third-order valence-electron chi connectivity index (χ3n) is 6.63. The summed E-state index contributed by atoms with van der Waals surface area (Å²) in [5.74, 6) is -1.47. The van der Waals surface area contributed by atoms with E-state index in [0.717, 1.165) is 23.6 Å². The van der Waals surface area contributed by atoms with Crippen LogP contribution in [-0.4, -0.2) is 12.1 Å². The molecule has 0 unspecified atom stereocenters. The molecular weight excluding hydrogens is 425 g/mol. The van der Waals surface area contributed by atoms with Crippen molar-refractivity contribution in [2.75, 3.05) is 0 Å². The lowest BCUT2D eigenvalue weighted by Crippen LogP contribution is -2.14. The summed E-state index contributed by atoms with van der Waals surface area (Å²) in [4.78, 5) is 12.9. The van der Waals surface area contributed by atoms with Crippen LogP contribution in [0.3, 0.4) is 0 Å². The highest BCUT2D eigenvalue weighted by Gasteiger charge is 2.62. The average molecular weight is 449 g/mol. The molecule has 0 N–H and O–H groups in total. The molecule has 0 heterocycles. The first-order chi connectivity index (χ1) is 14.6. The molecule has 0 bridgehead atoms. The van der Waals surface area contributed by atoms with Gasteiger partial charge in [-0.15, -0.1) is 0 Å². The van der Waals surface area contributed by atoms with Crippen molar-refractivity contribution in [2.45, 2.75) is 44.9 Å². The van der Waals surface area contributed by atoms with Crippen LogP contribution in [-0.2, 0) is 16.0 Å². The van der Waals surface area contributed by atoms with Crippen molar-refractivity contribution in [3.63, 3.8) is 0 Å². The summed E-state index contributed by atoms with van der Waals surface area (Å²) in [5, 5.41) is -1.19. The lowest BCUT2D eigenvalue weighted by atomic mass is 9.94. The van der Waals surface area contributed by atoms with Crippen LogP contribution >= 0.6 is 11.6 Å². The Bertz CT molecular complexity index is 997. The van der Waals surface area contributed by atoms with Gasteiger partial charge in [0.25, 0.3) is 0 Å². The lowest BCUT2D eigenvalue weighted by molar-refractivity contribution is -0.152. The molecule has 2 aliphatic carbocycles. The molecule has 1 saturated carbocycles. The van der Waals surface area contributed by atoms with E-state index in [-0.39, 0.29) is 5.92 Å². The number of hydrogen-bond donors (Lipinski definition) is 0. The van der Waals surface area contributed by atoms with Crippen molar-refractivity contribution in [2.24, 2.45) is 17.3 Å². The van der Waals surface area contributed by atoms with Gasteiger partial charge in [0.15, 0.2) is 0 Å². The third-order valence-corrected chi connectivity index (χ3v) is 6.97. The number of rotatable bonds is 5. The molecule has 2 nitrogen and oxygen atoms in total. The number of fused-ring (bicyclic) bond motifs is 1. The summed E-state index contributed by atoms with van der Waals surface area (Å²) in [6.45, 7) is 3.53. The standard InChI is InChI=1S/C25H24ClF3O2/c1-24(2)19(14-21(26)25(27,28)29)22(24)23(30)31-20-13-16(12-15-8-4-3-5-9-15)17-10-6-7-11-18(17)20/h3-11,14,16,19-20,22H,12-13H2,1-2H3/t16-,19-,20-,22-/m1/s1. The maximum atomic E-state index is 12.9. The first-order valence-corrected chi connectivity index (χ1v) is 10.7. The molecule has 6 heteroatoms. The van der Waals surface area contributed by atoms with Crippen LogP contribution in [0.1, 0.15) is 49.0 Å². The van der Waals surface area contributed by atoms with Crippen LogP contribution in [0.4, 0.5) is 13.2 Å². The highest BCUT2D eigenvalue weighted by atomic mass is 35.5. The van der Waals surface area contributed by atoms with Crippen LogP contribution < -0.4 is 0 Å². The molecular formula is C25H24ClF3O2. The van der Waals surface area contributed by atoms with Gasteiger partial charge in [-0.1, -0.05) is 86.1 Å². The smallest absolute Gasteiger partial charge is 0.426 e. The number of halogens is 4. The molecule has 4 atom stereocenters. The van der Waals surface area contributed by atoms with Crippen molar-refractivity contribution < 1.29 is 22.7 Å². The molecule has 0 amide bonds. The minimum absolute atomic E-state index is 0.221. The number of benzene rings is 2. The molecule has 2 aromatic rings. The van der Waals surface area contributed by atoms with Gasteiger partial charge in [-0.25, -0.2) is 0 Å². The summed E-state index contributed by atoms with van der Waals surface area (Å²) >= 11 is 5.41. The van der Waals surface area contributed by atoms with Crippen LogP contribution in [0.15, 0.2) is 65.7 Å². The van der Waals surface area contributed by atoms with Gasteiger partial charge in [-0.05, 0) is 46.8 Å². The second-order valence-electron chi connectivity index (χ2n) is 9.01. The average Bonchev–Trinajstić information content (AvgIpc) is 3.08. The van der Waals surface area contributed by atoms with Gasteiger partial charge in [0, 0.05) is 0 Å². The number of carbonyl (C=O) groups excluding carboxylic acids is 1. The highest BCUT2D eigenvalue weighted by Crippen LogP contribution is 2.61. The zero-order chi connectivity index (χ0) is 22.4. The fourth-order valence-electron chi connectivity index (χ4n) is 4.80. The quantitative estimate of drug-likeness (QED) is 0.462. The largest absolute Gasteiger partial charge is 0.457 e. The highest BCUT2D eigenvalue weighted by molar-refractivity contribution is 6.30. The van der Waals surface area contributed by atoms with Crippen molar-refractivity contribution in [3.05, 3.63) is 82.4 Å². The predicted molar refractivity (Wildman–Crippen MR) is 114 cm³/mol. The summed E-state index contributed by atoms with van der Waals surface area (Å²) < 4.78 is 44.3. The topological polar surface area (TPSA) is 26.3 Å². The fourth-order valence-corrected chi connectivity index (χ4v) is 4.93. The van der Waals surface area contributed by atoms with E-state index in [1.165, 1.54) is 5.56 Å². The van der Waals surface area contributed by atoms with Crippen LogP contribution in [0.2, 0.25) is 0 Å². The molecule has 2 aliphatic rings. The van der Waals surface area contributed by atoms with Gasteiger partial charge < -0.3 is 4.74 Å². The minimum atomic E-state index is -4.61. The van der Waals surface area contributed by atoms with Gasteiger partial charge in [0.2, 0.25) is 0 Å². The van der Waals surface area contributed by atoms with Crippen molar-refractivity contribution >= 4 is 17.6 Å². The van der Waals surface area contributed by atoms with Crippen LogP contribution in [0, 0.1) is 17.3 Å². The van der Waals surface area contributed by atoms with E-state index in [2.05, 4.69) is 18.2 Å². The number of esters is 1. The number of hydrogen-bond acceptors (Lipinski definition) is 2. The molecule has 1 fully saturated rings. The Morgan fingerprint density at radius 3 is 2.35 bits per heavy atom. The molecule has 2 aromatic carbocycles. The van der Waals surface area contributed by atoms with Gasteiger partial charge in [-0.3, -0.25) is 4.79 Å². The predicted octanol–water partition coefficient (Wildman–Crippen LogP) is 6.96. The molecule has 0 saturated heterocycles. The Hall–Kier alpha value is -2.27. The van der Waals surface area contributed by atoms with Crippen molar-refractivity contribution in [1.82, 2.24) is 0 Å². The van der Waals surface area contributed by atoms with E-state index in [1.54, 1.807) is 13.8 Å². The summed E-state index contributed by atoms with van der Waals surface area (Å²) in [5.41, 5.74) is 2.74. The number of ether oxygens (including phenoxy) is 1. The monoisotopic (exact) mass is 448 g/mol. The minimum Gasteiger partial charge on any atom is -0.457 e. The summed E-state index contributed by atoms with van der Waals surface area (Å²) in [6, 6.07) is 18.1. The van der Waals surface area contributed by atoms with E-state index in [4.69, 9.17) is 16.3 Å². The molecule has 0 aromatic heterocycles. The van der Waals surface area contributed by atoms with Gasteiger partial charge in [0.05, 0.1) is 5.92 Å². The number of carbonyl (C=O) groups is 1. The van der Waals surface area contributed by atoms with Gasteiger partial charge >= 0.3 is 12.1 Å². The van der Waals surface area contributed by atoms with E-state index >= 15 is 0 Å². The zero-order valence-corrected chi connectivity index (χ0v) is 18.1. The van der Waals surface area contributed by atoms with E-state index in [1.807, 2.05) is 36.4 Å². The van der Waals surface area contributed by atoms with Gasteiger partial charge in [0.1, 0.15) is 11.1 Å². The first kappa shape index (κ1) is 21.9. The second kappa shape index (κ2) is 8.01. The Labute approximate surface area is 185 Å². The SMILES string of the molecule is CC1(C)[C@H](C=C(Cl)C(F)(F)F)[C@@H]1C(=O)O[C@@H]1C[C@@H](Cc2ccccc2)c2ccccc21. The normalized spacial score (nSPS) is 27.0. The Balaban J connectivity index is 1.49. The summed E-state index contributed by atoms with van der Waals surface area (Å²) in [6.07, 6.45) is -2.54. The van der Waals surface area contributed by atoms with E-state index < -0.39 is 40.5 Å². The maximum Gasteiger partial charge on any atom is 0.426 e. The Kier molecular flexibility index (Phi) is 5.67. The zero-order valence-electron chi connectivity index (χ0n) is 17.3. The molecule has 0 aliphatic heterocycles. The van der Waals surface area contributed by atoms with Crippen molar-refractivity contribution in [3.8, 4) is 0 Å². The maximum absolute atomic E-state index is 12.9. The molecule has 31 heavy (non-hydrogen) atoms. The molecule has 4 rings (SSSR count). The Morgan fingerprint density at radius 1 is 1.10 bits per heavy atom. The number of allylic oxidation sites excluding steroid dienone is 2. The summed E-state index contributed by atoms with van der Waals surface area (Å²) in [7, 11) is 0. The number of alkyl halides is 3. The van der Waals surface area contributed by atoms with Gasteiger partial charge in [-0.2, -0.15) is 13.2 Å². The first-order valence-electron chi connectivity index (χ1n) is 10.4. The third kappa shape index (κ3) is 4.38. The van der Waals surface area contributed by atoms with Crippen LogP contribution in [0.5, 0.6) is 0 Å². The second-order valence-corrected chi connectivity index (χ2v) is 9.42. The molecule has 0 spiro atoms. The van der Waals surface area contributed by atoms with E-state index in [0.29, 0.717) is 6.42 Å². The molecule has 0 radical (unpaired) electrons. The van der Waals surface area contributed by atoms with E-state index in [9.17, 15) is 18.0 Å². The van der Waals surface area contributed by atoms with Crippen LogP contribution in [0.25, 0.3) is 0 Å². The fraction of sp³-hybridized carbons (Fsp3) is 0.400. The van der Waals surface area contributed by atoms with Crippen molar-refractivity contribution in [1.29, 1.82) is 0 Å².